The van der Waals surface area contributed by atoms with Crippen molar-refractivity contribution in [2.75, 3.05) is 11.1 Å². The van der Waals surface area contributed by atoms with E-state index in [1.54, 1.807) is 12.1 Å². The van der Waals surface area contributed by atoms with Gasteiger partial charge in [0.2, 0.25) is 0 Å². The van der Waals surface area contributed by atoms with E-state index in [0.717, 1.165) is 5.56 Å². The van der Waals surface area contributed by atoms with Crippen molar-refractivity contribution in [1.82, 2.24) is 0 Å². The lowest BCUT2D eigenvalue weighted by molar-refractivity contribution is -0.384. The number of rotatable bonds is 3. The molecule has 0 aliphatic heterocycles. The topological polar surface area (TPSA) is 98.3 Å². The SMILES string of the molecule is Cc1ccccc1NC(=O)c1cccc(N)c1[N+](=O)[O-]. The van der Waals surface area contributed by atoms with Gasteiger partial charge in [-0.2, -0.15) is 0 Å². The molecule has 6 heteroatoms. The molecule has 2 aromatic rings. The van der Waals surface area contributed by atoms with Crippen LogP contribution in [0.4, 0.5) is 17.1 Å². The van der Waals surface area contributed by atoms with E-state index < -0.39 is 10.8 Å². The molecule has 0 atom stereocenters. The largest absolute Gasteiger partial charge is 0.393 e. The molecular formula is C14H13N3O3. The molecule has 0 spiro atoms. The Bertz CT molecular complexity index is 683. The first-order valence-electron chi connectivity index (χ1n) is 5.90. The molecule has 6 nitrogen and oxygen atoms in total. The Morgan fingerprint density at radius 2 is 1.90 bits per heavy atom. The lowest BCUT2D eigenvalue weighted by atomic mass is 10.1. The van der Waals surface area contributed by atoms with E-state index in [0.29, 0.717) is 5.69 Å². The van der Waals surface area contributed by atoms with E-state index in [-0.39, 0.29) is 16.9 Å². The molecule has 0 saturated heterocycles. The van der Waals surface area contributed by atoms with Crippen LogP contribution in [0.2, 0.25) is 0 Å². The number of nitrogens with two attached hydrogens (primary N) is 1. The maximum Gasteiger partial charge on any atom is 0.304 e. The molecule has 102 valence electrons. The Hall–Kier alpha value is -2.89. The fourth-order valence-electron chi connectivity index (χ4n) is 1.85. The van der Waals surface area contributed by atoms with Gasteiger partial charge in [-0.15, -0.1) is 0 Å². The van der Waals surface area contributed by atoms with E-state index in [2.05, 4.69) is 5.32 Å². The van der Waals surface area contributed by atoms with Crippen molar-refractivity contribution < 1.29 is 9.72 Å². The van der Waals surface area contributed by atoms with Crippen molar-refractivity contribution in [3.8, 4) is 0 Å². The summed E-state index contributed by atoms with van der Waals surface area (Å²) in [5.41, 5.74) is 6.57. The van der Waals surface area contributed by atoms with Gasteiger partial charge in [0.25, 0.3) is 5.91 Å². The molecule has 0 unspecified atom stereocenters. The molecule has 2 rings (SSSR count). The lowest BCUT2D eigenvalue weighted by Gasteiger charge is -2.09. The Morgan fingerprint density at radius 3 is 2.55 bits per heavy atom. The zero-order valence-corrected chi connectivity index (χ0v) is 10.8. The van der Waals surface area contributed by atoms with Crippen LogP contribution < -0.4 is 11.1 Å². The number of nitro benzene ring substituents is 1. The normalized spacial score (nSPS) is 10.1. The van der Waals surface area contributed by atoms with Gasteiger partial charge in [0.05, 0.1) is 4.92 Å². The predicted octanol–water partition coefficient (Wildman–Crippen LogP) is 2.74. The van der Waals surface area contributed by atoms with E-state index >= 15 is 0 Å². The first kappa shape index (κ1) is 13.5. The van der Waals surface area contributed by atoms with Gasteiger partial charge in [-0.05, 0) is 30.7 Å². The number of nitrogen functional groups attached to an aromatic ring is 1. The maximum absolute atomic E-state index is 12.2. The minimum atomic E-state index is -0.651. The number of nitrogens with zero attached hydrogens (tertiary/aromatic N) is 1. The van der Waals surface area contributed by atoms with Crippen molar-refractivity contribution in [2.45, 2.75) is 6.92 Å². The van der Waals surface area contributed by atoms with Gasteiger partial charge in [-0.1, -0.05) is 24.3 Å². The molecule has 1 amide bonds. The molecule has 0 aliphatic rings. The molecule has 20 heavy (non-hydrogen) atoms. The molecule has 0 radical (unpaired) electrons. The molecule has 0 aromatic heterocycles. The van der Waals surface area contributed by atoms with Crippen LogP contribution in [0.3, 0.4) is 0 Å². The summed E-state index contributed by atoms with van der Waals surface area (Å²) in [4.78, 5) is 22.5. The average molecular weight is 271 g/mol. The average Bonchev–Trinajstić information content (AvgIpc) is 2.40. The highest BCUT2D eigenvalue weighted by molar-refractivity contribution is 6.08. The molecular weight excluding hydrogens is 258 g/mol. The van der Waals surface area contributed by atoms with Crippen LogP contribution in [0.15, 0.2) is 42.5 Å². The van der Waals surface area contributed by atoms with Gasteiger partial charge in [-0.3, -0.25) is 14.9 Å². The number of carbonyl (C=O) groups excluding carboxylic acids is 1. The van der Waals surface area contributed by atoms with Crippen LogP contribution in [0.1, 0.15) is 15.9 Å². The Labute approximate surface area is 115 Å². The summed E-state index contributed by atoms with van der Waals surface area (Å²) >= 11 is 0. The van der Waals surface area contributed by atoms with Crippen LogP contribution in [0.5, 0.6) is 0 Å². The second-order valence-corrected chi connectivity index (χ2v) is 4.27. The quantitative estimate of drug-likeness (QED) is 0.509. The van der Waals surface area contributed by atoms with Gasteiger partial charge < -0.3 is 11.1 Å². The first-order chi connectivity index (χ1) is 9.50. The summed E-state index contributed by atoms with van der Waals surface area (Å²) in [6, 6.07) is 11.5. The third-order valence-corrected chi connectivity index (χ3v) is 2.89. The van der Waals surface area contributed by atoms with Crippen LogP contribution in [-0.2, 0) is 0 Å². The van der Waals surface area contributed by atoms with Gasteiger partial charge in [0.1, 0.15) is 11.3 Å². The van der Waals surface area contributed by atoms with Crippen molar-refractivity contribution in [2.24, 2.45) is 0 Å². The van der Waals surface area contributed by atoms with Gasteiger partial charge in [0, 0.05) is 5.69 Å². The van der Waals surface area contributed by atoms with Gasteiger partial charge in [-0.25, -0.2) is 0 Å². The van der Waals surface area contributed by atoms with E-state index in [1.807, 2.05) is 19.1 Å². The van der Waals surface area contributed by atoms with Crippen LogP contribution in [-0.4, -0.2) is 10.8 Å². The maximum atomic E-state index is 12.2. The minimum absolute atomic E-state index is 0.0348. The first-order valence-corrected chi connectivity index (χ1v) is 5.90. The van der Waals surface area contributed by atoms with Gasteiger partial charge in [0.15, 0.2) is 0 Å². The summed E-state index contributed by atoms with van der Waals surface area (Å²) in [5.74, 6) is -0.557. The molecule has 0 heterocycles. The number of anilines is 2. The Balaban J connectivity index is 2.38. The van der Waals surface area contributed by atoms with Crippen molar-refractivity contribution >= 4 is 23.0 Å². The van der Waals surface area contributed by atoms with Crippen LogP contribution >= 0.6 is 0 Å². The number of benzene rings is 2. The number of carbonyl (C=O) groups is 1. The van der Waals surface area contributed by atoms with Crippen LogP contribution in [0, 0.1) is 17.0 Å². The second kappa shape index (κ2) is 5.40. The smallest absolute Gasteiger partial charge is 0.304 e. The van der Waals surface area contributed by atoms with Crippen molar-refractivity contribution in [3.63, 3.8) is 0 Å². The summed E-state index contributed by atoms with van der Waals surface area (Å²) < 4.78 is 0. The number of hydrogen-bond donors (Lipinski definition) is 2. The standard InChI is InChI=1S/C14H13N3O3/c1-9-5-2-3-8-12(9)16-14(18)10-6-4-7-11(15)13(10)17(19)20/h2-8H,15H2,1H3,(H,16,18). The summed E-state index contributed by atoms with van der Waals surface area (Å²) in [6.07, 6.45) is 0. The van der Waals surface area contributed by atoms with Crippen LogP contribution in [0.25, 0.3) is 0 Å². The third-order valence-electron chi connectivity index (χ3n) is 2.89. The molecule has 0 bridgehead atoms. The number of aryl methyl sites for hydroxylation is 1. The minimum Gasteiger partial charge on any atom is -0.393 e. The number of nitrogens with one attached hydrogen (secondary N) is 1. The summed E-state index contributed by atoms with van der Waals surface area (Å²) in [7, 11) is 0. The highest BCUT2D eigenvalue weighted by Gasteiger charge is 2.23. The van der Waals surface area contributed by atoms with E-state index in [9.17, 15) is 14.9 Å². The van der Waals surface area contributed by atoms with E-state index in [1.165, 1.54) is 18.2 Å². The number of hydrogen-bond acceptors (Lipinski definition) is 4. The number of nitro groups is 1. The van der Waals surface area contributed by atoms with E-state index in [4.69, 9.17) is 5.73 Å². The molecule has 0 aliphatic carbocycles. The zero-order valence-electron chi connectivity index (χ0n) is 10.8. The molecule has 2 aromatic carbocycles. The molecule has 0 fully saturated rings. The zero-order chi connectivity index (χ0) is 14.7. The Kier molecular flexibility index (Phi) is 3.65. The fraction of sp³-hybridized carbons (Fsp3) is 0.0714. The summed E-state index contributed by atoms with van der Waals surface area (Å²) in [6.45, 7) is 1.84. The predicted molar refractivity (Wildman–Crippen MR) is 76.6 cm³/mol. The lowest BCUT2D eigenvalue weighted by Crippen LogP contribution is -2.15. The third kappa shape index (κ3) is 2.59. The fourth-order valence-corrected chi connectivity index (χ4v) is 1.85. The highest BCUT2D eigenvalue weighted by Crippen LogP contribution is 2.27. The highest BCUT2D eigenvalue weighted by atomic mass is 16.6. The number of para-hydroxylation sites is 2. The molecule has 0 saturated carbocycles. The Morgan fingerprint density at radius 1 is 1.20 bits per heavy atom. The monoisotopic (exact) mass is 271 g/mol. The summed E-state index contributed by atoms with van der Waals surface area (Å²) in [5, 5.41) is 13.7. The molecule has 3 N–H and O–H groups in total. The van der Waals surface area contributed by atoms with Gasteiger partial charge >= 0.3 is 5.69 Å². The van der Waals surface area contributed by atoms with Crippen molar-refractivity contribution in [3.05, 3.63) is 63.7 Å². The number of amides is 1. The second-order valence-electron chi connectivity index (χ2n) is 4.27. The van der Waals surface area contributed by atoms with Crippen molar-refractivity contribution in [1.29, 1.82) is 0 Å².